The van der Waals surface area contributed by atoms with Gasteiger partial charge in [-0.15, -0.1) is 0 Å². The van der Waals surface area contributed by atoms with E-state index in [0.717, 1.165) is 16.4 Å². The molecule has 0 aromatic heterocycles. The number of rotatable bonds is 7. The van der Waals surface area contributed by atoms with Crippen molar-refractivity contribution in [1.82, 2.24) is 0 Å². The standard InChI is InChI=1S/C19H21O2P/c1-3-15-21-17(4-2)16-22(20,18-11-7-5-8-12-18)19-13-9-6-10-14-19/h3,5-14,16H,1,4,15H2,2H3/b17-16+. The fraction of sp³-hybridized carbons (Fsp3) is 0.158. The van der Waals surface area contributed by atoms with Crippen molar-refractivity contribution in [2.75, 3.05) is 6.61 Å². The Balaban J connectivity index is 2.54. The van der Waals surface area contributed by atoms with E-state index in [4.69, 9.17) is 4.74 Å². The van der Waals surface area contributed by atoms with Crippen molar-refractivity contribution in [2.24, 2.45) is 0 Å². The molecule has 22 heavy (non-hydrogen) atoms. The van der Waals surface area contributed by atoms with Crippen molar-refractivity contribution in [1.29, 1.82) is 0 Å². The van der Waals surface area contributed by atoms with Gasteiger partial charge in [-0.1, -0.05) is 80.2 Å². The summed E-state index contributed by atoms with van der Waals surface area (Å²) in [5.74, 6) is 2.53. The maximum Gasteiger partial charge on any atom is 0.167 e. The molecular weight excluding hydrogens is 291 g/mol. The average molecular weight is 312 g/mol. The first-order valence-corrected chi connectivity index (χ1v) is 9.14. The molecule has 0 N–H and O–H groups in total. The second-order valence-electron chi connectivity index (χ2n) is 4.88. The molecular formula is C19H21O2P. The van der Waals surface area contributed by atoms with Crippen molar-refractivity contribution in [3.8, 4) is 0 Å². The lowest BCUT2D eigenvalue weighted by Gasteiger charge is -2.17. The van der Waals surface area contributed by atoms with Gasteiger partial charge in [0.2, 0.25) is 0 Å². The van der Waals surface area contributed by atoms with Crippen LogP contribution in [0.1, 0.15) is 13.3 Å². The summed E-state index contributed by atoms with van der Waals surface area (Å²) in [4.78, 5) is 0. The van der Waals surface area contributed by atoms with Gasteiger partial charge in [-0.2, -0.15) is 0 Å². The molecule has 0 atom stereocenters. The minimum absolute atomic E-state index is 0.420. The van der Waals surface area contributed by atoms with E-state index in [1.54, 1.807) is 11.9 Å². The minimum Gasteiger partial charge on any atom is -0.494 e. The topological polar surface area (TPSA) is 26.3 Å². The van der Waals surface area contributed by atoms with E-state index in [1.807, 2.05) is 67.6 Å². The number of hydrogen-bond acceptors (Lipinski definition) is 2. The Morgan fingerprint density at radius 3 is 1.95 bits per heavy atom. The molecule has 2 nitrogen and oxygen atoms in total. The maximum absolute atomic E-state index is 13.8. The zero-order chi connectivity index (χ0) is 15.8. The third-order valence-electron chi connectivity index (χ3n) is 3.34. The zero-order valence-electron chi connectivity index (χ0n) is 12.8. The van der Waals surface area contributed by atoms with Crippen LogP contribution >= 0.6 is 7.14 Å². The molecule has 2 rings (SSSR count). The van der Waals surface area contributed by atoms with Gasteiger partial charge in [0.05, 0.1) is 0 Å². The molecule has 0 aliphatic carbocycles. The molecule has 0 aliphatic heterocycles. The molecule has 0 fully saturated rings. The van der Waals surface area contributed by atoms with E-state index in [2.05, 4.69) is 6.58 Å². The van der Waals surface area contributed by atoms with Crippen LogP contribution in [0, 0.1) is 0 Å². The van der Waals surface area contributed by atoms with E-state index in [-0.39, 0.29) is 0 Å². The first-order chi connectivity index (χ1) is 10.7. The van der Waals surface area contributed by atoms with Gasteiger partial charge < -0.3 is 9.30 Å². The van der Waals surface area contributed by atoms with E-state index in [1.165, 1.54) is 0 Å². The van der Waals surface area contributed by atoms with Crippen molar-refractivity contribution in [3.05, 3.63) is 84.9 Å². The van der Waals surface area contributed by atoms with Crippen LogP contribution in [0.2, 0.25) is 0 Å². The molecule has 0 saturated carbocycles. The molecule has 114 valence electrons. The smallest absolute Gasteiger partial charge is 0.167 e. The van der Waals surface area contributed by atoms with Crippen LogP contribution in [0.5, 0.6) is 0 Å². The third-order valence-corrected chi connectivity index (χ3v) is 6.12. The first kappa shape index (κ1) is 16.3. The Morgan fingerprint density at radius 2 is 1.55 bits per heavy atom. The summed E-state index contributed by atoms with van der Waals surface area (Å²) in [6, 6.07) is 19.1. The van der Waals surface area contributed by atoms with Gasteiger partial charge in [-0.05, 0) is 0 Å². The molecule has 0 radical (unpaired) electrons. The van der Waals surface area contributed by atoms with Gasteiger partial charge in [-0.25, -0.2) is 0 Å². The Bertz CT molecular complexity index is 632. The molecule has 0 amide bonds. The van der Waals surface area contributed by atoms with E-state index < -0.39 is 7.14 Å². The number of ether oxygens (including phenoxy) is 1. The summed E-state index contributed by atoms with van der Waals surface area (Å²) in [6.45, 7) is 6.07. The van der Waals surface area contributed by atoms with Gasteiger partial charge in [-0.3, -0.25) is 0 Å². The highest BCUT2D eigenvalue weighted by atomic mass is 31.2. The molecule has 2 aromatic carbocycles. The molecule has 0 saturated heterocycles. The van der Waals surface area contributed by atoms with Crippen LogP contribution in [0.3, 0.4) is 0 Å². The van der Waals surface area contributed by atoms with E-state index in [9.17, 15) is 4.57 Å². The van der Waals surface area contributed by atoms with Crippen LogP contribution in [0.4, 0.5) is 0 Å². The van der Waals surface area contributed by atoms with Gasteiger partial charge in [0.25, 0.3) is 0 Å². The van der Waals surface area contributed by atoms with E-state index >= 15 is 0 Å². The third kappa shape index (κ3) is 3.78. The summed E-state index contributed by atoms with van der Waals surface area (Å²) in [6.07, 6.45) is 2.39. The minimum atomic E-state index is -2.86. The summed E-state index contributed by atoms with van der Waals surface area (Å²) < 4.78 is 19.4. The largest absolute Gasteiger partial charge is 0.494 e. The first-order valence-electron chi connectivity index (χ1n) is 7.37. The van der Waals surface area contributed by atoms with Crippen LogP contribution in [-0.2, 0) is 9.30 Å². The molecule has 0 unspecified atom stereocenters. The molecule has 2 aromatic rings. The Labute approximate surface area is 132 Å². The van der Waals surface area contributed by atoms with Crippen molar-refractivity contribution in [3.63, 3.8) is 0 Å². The molecule has 0 aliphatic rings. The number of allylic oxidation sites excluding steroid dienone is 1. The number of hydrogen-bond donors (Lipinski definition) is 0. The molecule has 0 heterocycles. The lowest BCUT2D eigenvalue weighted by atomic mass is 10.4. The van der Waals surface area contributed by atoms with Crippen LogP contribution in [0.25, 0.3) is 0 Å². The summed E-state index contributed by atoms with van der Waals surface area (Å²) in [5, 5.41) is 1.63. The molecule has 3 heteroatoms. The number of benzene rings is 2. The van der Waals surface area contributed by atoms with E-state index in [0.29, 0.717) is 13.0 Å². The monoisotopic (exact) mass is 312 g/mol. The van der Waals surface area contributed by atoms with Crippen molar-refractivity contribution < 1.29 is 9.30 Å². The van der Waals surface area contributed by atoms with Crippen LogP contribution in [0.15, 0.2) is 84.9 Å². The van der Waals surface area contributed by atoms with Gasteiger partial charge in [0, 0.05) is 22.8 Å². The predicted octanol–water partition coefficient (Wildman–Crippen LogP) is 4.45. The highest BCUT2D eigenvalue weighted by molar-refractivity contribution is 7.81. The Morgan fingerprint density at radius 1 is 1.05 bits per heavy atom. The van der Waals surface area contributed by atoms with Crippen molar-refractivity contribution in [2.45, 2.75) is 13.3 Å². The highest BCUT2D eigenvalue weighted by Gasteiger charge is 2.25. The Hall–Kier alpha value is -2.05. The predicted molar refractivity (Wildman–Crippen MR) is 94.3 cm³/mol. The second-order valence-corrected chi connectivity index (χ2v) is 7.48. The van der Waals surface area contributed by atoms with Crippen LogP contribution < -0.4 is 10.6 Å². The lowest BCUT2D eigenvalue weighted by molar-refractivity contribution is 0.240. The van der Waals surface area contributed by atoms with Gasteiger partial charge in [0.1, 0.15) is 12.4 Å². The quantitative estimate of drug-likeness (QED) is 0.429. The van der Waals surface area contributed by atoms with Gasteiger partial charge >= 0.3 is 0 Å². The fourth-order valence-corrected chi connectivity index (χ4v) is 4.69. The van der Waals surface area contributed by atoms with Gasteiger partial charge in [0.15, 0.2) is 7.14 Å². The second kappa shape index (κ2) is 7.82. The highest BCUT2D eigenvalue weighted by Crippen LogP contribution is 2.46. The summed E-state index contributed by atoms with van der Waals surface area (Å²) in [5.41, 5.74) is 0. The average Bonchev–Trinajstić information content (AvgIpc) is 2.60. The normalized spacial score (nSPS) is 12.0. The zero-order valence-corrected chi connectivity index (χ0v) is 13.7. The summed E-state index contributed by atoms with van der Waals surface area (Å²) >= 11 is 0. The maximum atomic E-state index is 13.8. The molecule has 0 bridgehead atoms. The lowest BCUT2D eigenvalue weighted by Crippen LogP contribution is -2.14. The molecule has 0 spiro atoms. The summed E-state index contributed by atoms with van der Waals surface area (Å²) in [7, 11) is -2.86. The SMILES string of the molecule is C=CCO/C(=C/P(=O)(c1ccccc1)c1ccccc1)CC. The fourth-order valence-electron chi connectivity index (χ4n) is 2.20. The van der Waals surface area contributed by atoms with Crippen molar-refractivity contribution >= 4 is 17.8 Å². The van der Waals surface area contributed by atoms with Crippen LogP contribution in [-0.4, -0.2) is 6.61 Å². The Kier molecular flexibility index (Phi) is 5.80.